The Balaban J connectivity index is 1.58. The van der Waals surface area contributed by atoms with E-state index in [-0.39, 0.29) is 36.1 Å². The van der Waals surface area contributed by atoms with Gasteiger partial charge in [0.1, 0.15) is 10.6 Å². The Morgan fingerprint density at radius 3 is 2.35 bits per heavy atom. The predicted octanol–water partition coefficient (Wildman–Crippen LogP) is 6.67. The van der Waals surface area contributed by atoms with Crippen LogP contribution in [0.25, 0.3) is 5.57 Å². The molecular weight excluding hydrogens is 606 g/mol. The fourth-order valence-corrected chi connectivity index (χ4v) is 5.91. The van der Waals surface area contributed by atoms with Gasteiger partial charge in [0.15, 0.2) is 9.84 Å². The average molecular weight is 648 g/mol. The minimum Gasteiger partial charge on any atom is -0.492 e. The number of rotatable bonds is 14. The second kappa shape index (κ2) is 16.1. The fraction of sp³-hybridized carbons (Fsp3) is 0.343. The molecule has 0 saturated heterocycles. The number of ether oxygens (including phenoxy) is 1. The van der Waals surface area contributed by atoms with Crippen LogP contribution in [0.2, 0.25) is 0 Å². The summed E-state index contributed by atoms with van der Waals surface area (Å²) in [4.78, 5) is 38.5. The second-order valence-corrected chi connectivity index (χ2v) is 13.3. The Morgan fingerprint density at radius 2 is 1.72 bits per heavy atom. The molecule has 0 bridgehead atoms. The lowest BCUT2D eigenvalue weighted by Gasteiger charge is -2.24. The number of hydrogen-bond donors (Lipinski definition) is 3. The van der Waals surface area contributed by atoms with Gasteiger partial charge in [0.05, 0.1) is 19.6 Å². The third-order valence-electron chi connectivity index (χ3n) is 7.62. The molecule has 3 aromatic carbocycles. The van der Waals surface area contributed by atoms with Gasteiger partial charge in [-0.1, -0.05) is 43.7 Å². The van der Waals surface area contributed by atoms with Gasteiger partial charge in [-0.2, -0.15) is 0 Å². The van der Waals surface area contributed by atoms with Gasteiger partial charge in [0.25, 0.3) is 5.91 Å². The maximum atomic E-state index is 13.8. The quantitative estimate of drug-likeness (QED) is 0.166. The van der Waals surface area contributed by atoms with Crippen LogP contribution in [0, 0.1) is 0 Å². The van der Waals surface area contributed by atoms with Crippen LogP contribution in [-0.2, 0) is 21.2 Å². The van der Waals surface area contributed by atoms with E-state index >= 15 is 0 Å². The molecular formula is C35H41N3O7S. The molecule has 3 amide bonds. The highest BCUT2D eigenvalue weighted by Crippen LogP contribution is 2.30. The number of benzene rings is 3. The lowest BCUT2D eigenvalue weighted by Crippen LogP contribution is -2.34. The number of sulfone groups is 1. The third-order valence-corrected chi connectivity index (χ3v) is 8.74. The van der Waals surface area contributed by atoms with Crippen molar-refractivity contribution in [3.8, 4) is 5.75 Å². The second-order valence-electron chi connectivity index (χ2n) is 11.3. The topological polar surface area (TPSA) is 142 Å². The molecule has 0 heterocycles. The molecule has 0 saturated carbocycles. The SMILES string of the molecule is CCCCOc1ccc(NC(=O)N(Cc2ccc(C(=O)NCCC(=O)O)cc2)c2ccc(C3=CCCCC3)cc2)cc1S(C)(=O)=O. The molecule has 3 N–H and O–H groups in total. The number of amides is 3. The van der Waals surface area contributed by atoms with Crippen LogP contribution in [-0.4, -0.2) is 50.8 Å². The van der Waals surface area contributed by atoms with Gasteiger partial charge in [0, 0.05) is 29.7 Å². The number of nitrogens with zero attached hydrogens (tertiary/aromatic N) is 1. The summed E-state index contributed by atoms with van der Waals surface area (Å²) in [6, 6.07) is 18.6. The molecule has 0 spiro atoms. The van der Waals surface area contributed by atoms with E-state index < -0.39 is 21.8 Å². The minimum absolute atomic E-state index is 0.00437. The van der Waals surface area contributed by atoms with Crippen LogP contribution in [0.3, 0.4) is 0 Å². The number of aliphatic carboxylic acids is 1. The first-order chi connectivity index (χ1) is 22.0. The third kappa shape index (κ3) is 9.68. The van der Waals surface area contributed by atoms with Gasteiger partial charge >= 0.3 is 12.0 Å². The van der Waals surface area contributed by atoms with E-state index in [1.807, 2.05) is 31.2 Å². The number of carbonyl (C=O) groups excluding carboxylic acids is 2. The highest BCUT2D eigenvalue weighted by Gasteiger charge is 2.21. The molecule has 11 heteroatoms. The van der Waals surface area contributed by atoms with Crippen LogP contribution in [0.1, 0.15) is 73.4 Å². The lowest BCUT2D eigenvalue weighted by atomic mass is 9.93. The number of allylic oxidation sites excluding steroid dienone is 2. The number of carbonyl (C=O) groups is 3. The fourth-order valence-electron chi connectivity index (χ4n) is 5.08. The van der Waals surface area contributed by atoms with Gasteiger partial charge in [-0.3, -0.25) is 14.5 Å². The van der Waals surface area contributed by atoms with Gasteiger partial charge in [-0.25, -0.2) is 13.2 Å². The Labute approximate surface area is 270 Å². The molecule has 0 fully saturated rings. The maximum Gasteiger partial charge on any atom is 0.326 e. The molecule has 0 atom stereocenters. The molecule has 1 aliphatic rings. The molecule has 0 aliphatic heterocycles. The first-order valence-corrected chi connectivity index (χ1v) is 17.4. The summed E-state index contributed by atoms with van der Waals surface area (Å²) in [7, 11) is -3.64. The van der Waals surface area contributed by atoms with Crippen molar-refractivity contribution in [2.24, 2.45) is 0 Å². The number of hydrogen-bond acceptors (Lipinski definition) is 6. The zero-order valence-corrected chi connectivity index (χ0v) is 27.1. The molecule has 10 nitrogen and oxygen atoms in total. The zero-order valence-electron chi connectivity index (χ0n) is 26.3. The molecule has 0 aromatic heterocycles. The summed E-state index contributed by atoms with van der Waals surface area (Å²) in [5.74, 6) is -1.15. The van der Waals surface area contributed by atoms with E-state index in [9.17, 15) is 22.8 Å². The zero-order chi connectivity index (χ0) is 33.1. The minimum atomic E-state index is -3.64. The molecule has 3 aromatic rings. The van der Waals surface area contributed by atoms with Crippen molar-refractivity contribution in [2.45, 2.75) is 63.3 Å². The van der Waals surface area contributed by atoms with Crippen LogP contribution in [0.4, 0.5) is 16.2 Å². The molecule has 46 heavy (non-hydrogen) atoms. The smallest absolute Gasteiger partial charge is 0.326 e. The van der Waals surface area contributed by atoms with E-state index in [0.29, 0.717) is 23.5 Å². The monoisotopic (exact) mass is 647 g/mol. The van der Waals surface area contributed by atoms with Gasteiger partial charge < -0.3 is 20.5 Å². The highest BCUT2D eigenvalue weighted by molar-refractivity contribution is 7.90. The van der Waals surface area contributed by atoms with Crippen molar-refractivity contribution in [3.63, 3.8) is 0 Å². The molecule has 0 unspecified atom stereocenters. The van der Waals surface area contributed by atoms with Crippen molar-refractivity contribution in [1.29, 1.82) is 0 Å². The maximum absolute atomic E-state index is 13.8. The van der Waals surface area contributed by atoms with Crippen molar-refractivity contribution < 1.29 is 32.6 Å². The summed E-state index contributed by atoms with van der Waals surface area (Å²) in [6.45, 7) is 2.58. The molecule has 1 aliphatic carbocycles. The van der Waals surface area contributed by atoms with Crippen LogP contribution in [0.15, 0.2) is 77.7 Å². The number of urea groups is 1. The van der Waals surface area contributed by atoms with Crippen molar-refractivity contribution >= 4 is 44.7 Å². The van der Waals surface area contributed by atoms with Gasteiger partial charge in [-0.15, -0.1) is 0 Å². The van der Waals surface area contributed by atoms with Crippen molar-refractivity contribution in [2.75, 3.05) is 29.6 Å². The van der Waals surface area contributed by atoms with Gasteiger partial charge in [0.2, 0.25) is 0 Å². The van der Waals surface area contributed by atoms with Crippen LogP contribution >= 0.6 is 0 Å². The Kier molecular flexibility index (Phi) is 12.0. The van der Waals surface area contributed by atoms with E-state index in [2.05, 4.69) is 16.7 Å². The highest BCUT2D eigenvalue weighted by atomic mass is 32.2. The van der Waals surface area contributed by atoms with Crippen molar-refractivity contribution in [3.05, 3.63) is 89.5 Å². The normalized spacial score (nSPS) is 13.0. The summed E-state index contributed by atoms with van der Waals surface area (Å²) in [6.07, 6.45) is 9.27. The largest absolute Gasteiger partial charge is 0.492 e. The van der Waals surface area contributed by atoms with Crippen LogP contribution in [0.5, 0.6) is 5.75 Å². The van der Waals surface area contributed by atoms with E-state index in [4.69, 9.17) is 9.84 Å². The summed E-state index contributed by atoms with van der Waals surface area (Å²) in [5.41, 5.74) is 4.45. The molecule has 4 rings (SSSR count). The summed E-state index contributed by atoms with van der Waals surface area (Å²) >= 11 is 0. The van der Waals surface area contributed by atoms with E-state index in [1.165, 1.54) is 18.1 Å². The number of nitrogens with one attached hydrogen (secondary N) is 2. The molecule has 244 valence electrons. The summed E-state index contributed by atoms with van der Waals surface area (Å²) in [5, 5.41) is 14.2. The summed E-state index contributed by atoms with van der Waals surface area (Å²) < 4.78 is 30.9. The first-order valence-electron chi connectivity index (χ1n) is 15.5. The number of carboxylic acids is 1. The predicted molar refractivity (Wildman–Crippen MR) is 179 cm³/mol. The lowest BCUT2D eigenvalue weighted by molar-refractivity contribution is -0.136. The van der Waals surface area contributed by atoms with Crippen molar-refractivity contribution in [1.82, 2.24) is 5.32 Å². The molecule has 0 radical (unpaired) electrons. The Bertz CT molecular complexity index is 1670. The number of carboxylic acid groups (broad SMARTS) is 1. The first kappa shape index (κ1) is 34.2. The van der Waals surface area contributed by atoms with Gasteiger partial charge in [-0.05, 0) is 91.3 Å². The van der Waals surface area contributed by atoms with E-state index in [1.54, 1.807) is 41.3 Å². The standard InChI is InChI=1S/C35H41N3O7S/c1-3-4-22-45-31-19-16-29(23-32(31)46(2,43)44)37-35(42)38(30-17-14-27(15-18-30)26-8-6-5-7-9-26)24-25-10-12-28(13-11-25)34(41)36-21-20-33(39)40/h8,10-19,23H,3-7,9,20-22,24H2,1-2H3,(H,36,41)(H,37,42)(H,39,40). The Hall–Kier alpha value is -4.64. The number of anilines is 2. The Morgan fingerprint density at radius 1 is 0.978 bits per heavy atom. The van der Waals surface area contributed by atoms with E-state index in [0.717, 1.165) is 49.5 Å². The average Bonchev–Trinajstić information content (AvgIpc) is 3.04. The van der Waals surface area contributed by atoms with Crippen LogP contribution < -0.4 is 20.3 Å². The number of unbranched alkanes of at least 4 members (excludes halogenated alkanes) is 1.